The quantitative estimate of drug-likeness (QED) is 0.647. The van der Waals surface area contributed by atoms with Crippen LogP contribution in [0.15, 0.2) is 47.5 Å². The molecule has 1 fully saturated rings. The van der Waals surface area contributed by atoms with Gasteiger partial charge in [-0.2, -0.15) is 0 Å². The first-order valence-corrected chi connectivity index (χ1v) is 11.3. The average Bonchev–Trinajstić information content (AvgIpc) is 3.31. The Morgan fingerprint density at radius 1 is 1.13 bits per heavy atom. The van der Waals surface area contributed by atoms with E-state index in [2.05, 4.69) is 10.6 Å². The van der Waals surface area contributed by atoms with Crippen molar-refractivity contribution in [2.24, 2.45) is 0 Å². The molecule has 3 amide bonds. The van der Waals surface area contributed by atoms with Gasteiger partial charge in [0.25, 0.3) is 5.91 Å². The predicted molar refractivity (Wildman–Crippen MR) is 116 cm³/mol. The first kappa shape index (κ1) is 21.3. The zero-order chi connectivity index (χ0) is 22.1. The zero-order valence-corrected chi connectivity index (χ0v) is 18.0. The second-order valence-corrected chi connectivity index (χ2v) is 8.85. The molecule has 0 bridgehead atoms. The fourth-order valence-electron chi connectivity index (χ4n) is 3.31. The smallest absolute Gasteiger partial charge is 0.320 e. The summed E-state index contributed by atoms with van der Waals surface area (Å²) in [5.41, 5.74) is 1.03. The number of rotatable bonds is 5. The minimum absolute atomic E-state index is 0.192. The molecule has 2 heterocycles. The molecule has 0 radical (unpaired) electrons. The molecule has 11 heteroatoms. The Hall–Kier alpha value is -2.92. The van der Waals surface area contributed by atoms with E-state index in [0.717, 1.165) is 12.1 Å². The number of amides is 3. The number of nitrogens with one attached hydrogen (secondary N) is 2. The highest BCUT2D eigenvalue weighted by molar-refractivity contribution is 8.78. The molecule has 2 atom stereocenters. The van der Waals surface area contributed by atoms with Crippen LogP contribution in [0, 0.1) is 11.6 Å². The number of ether oxygens (including phenoxy) is 2. The van der Waals surface area contributed by atoms with Gasteiger partial charge in [-0.3, -0.25) is 9.69 Å². The molecule has 7 nitrogen and oxygen atoms in total. The maximum atomic E-state index is 13.8. The number of hydrogen-bond acceptors (Lipinski definition) is 6. The highest BCUT2D eigenvalue weighted by Gasteiger charge is 2.49. The molecule has 31 heavy (non-hydrogen) atoms. The summed E-state index contributed by atoms with van der Waals surface area (Å²) in [6.07, 6.45) is 0. The van der Waals surface area contributed by atoms with E-state index < -0.39 is 23.7 Å². The van der Waals surface area contributed by atoms with Crippen LogP contribution < -0.4 is 25.0 Å². The van der Waals surface area contributed by atoms with Gasteiger partial charge >= 0.3 is 6.03 Å². The molecule has 2 aliphatic heterocycles. The van der Waals surface area contributed by atoms with Crippen LogP contribution in [0.2, 0.25) is 0 Å². The fourth-order valence-corrected chi connectivity index (χ4v) is 5.94. The standard InChI is InChI=1S/C20H17F2N3O4S2/c1-28-11-4-6-14(16(8-11)29-2)25-15-9-30-31-18(15)17(19(25)26)24-20(27)23-13-5-3-10(21)7-12(13)22/h3-9,17-18H,1-2H3,(H2,23,24,27). The molecular weight excluding hydrogens is 448 g/mol. The van der Waals surface area contributed by atoms with Crippen LogP contribution in [0.25, 0.3) is 0 Å². The third kappa shape index (κ3) is 4.02. The Morgan fingerprint density at radius 2 is 1.94 bits per heavy atom. The Morgan fingerprint density at radius 3 is 2.65 bits per heavy atom. The number of benzene rings is 2. The molecule has 1 saturated heterocycles. The summed E-state index contributed by atoms with van der Waals surface area (Å²) in [5, 5.41) is 6.43. The monoisotopic (exact) mass is 465 g/mol. The van der Waals surface area contributed by atoms with Crippen LogP contribution in [0.1, 0.15) is 0 Å². The van der Waals surface area contributed by atoms with Crippen molar-refractivity contribution in [3.8, 4) is 11.5 Å². The van der Waals surface area contributed by atoms with Gasteiger partial charge in [0.15, 0.2) is 0 Å². The van der Waals surface area contributed by atoms with Crippen LogP contribution in [-0.2, 0) is 4.79 Å². The third-order valence-electron chi connectivity index (χ3n) is 4.76. The number of urea groups is 1. The second-order valence-electron chi connectivity index (χ2n) is 6.57. The van der Waals surface area contributed by atoms with Gasteiger partial charge in [-0.1, -0.05) is 21.6 Å². The Balaban J connectivity index is 1.57. The highest BCUT2D eigenvalue weighted by atomic mass is 33.1. The van der Waals surface area contributed by atoms with E-state index in [1.165, 1.54) is 40.7 Å². The number of carbonyl (C=O) groups excluding carboxylic acids is 2. The molecule has 162 valence electrons. The SMILES string of the molecule is COc1ccc(N2C(=O)C(NC(=O)Nc3ccc(F)cc3F)C3SSC=C32)c(OC)c1. The number of carbonyl (C=O) groups is 2. The lowest BCUT2D eigenvalue weighted by molar-refractivity contribution is -0.118. The lowest BCUT2D eigenvalue weighted by Crippen LogP contribution is -2.46. The van der Waals surface area contributed by atoms with Gasteiger partial charge in [0, 0.05) is 23.2 Å². The van der Waals surface area contributed by atoms with Crippen molar-refractivity contribution < 1.29 is 27.8 Å². The van der Waals surface area contributed by atoms with Gasteiger partial charge in [0.1, 0.15) is 29.2 Å². The molecule has 0 aromatic heterocycles. The molecule has 2 aromatic carbocycles. The van der Waals surface area contributed by atoms with Gasteiger partial charge < -0.3 is 20.1 Å². The molecule has 2 N–H and O–H groups in total. The van der Waals surface area contributed by atoms with Crippen molar-refractivity contribution >= 4 is 44.9 Å². The summed E-state index contributed by atoms with van der Waals surface area (Å²) < 4.78 is 37.6. The maximum Gasteiger partial charge on any atom is 0.320 e. The van der Waals surface area contributed by atoms with Crippen LogP contribution in [0.3, 0.4) is 0 Å². The van der Waals surface area contributed by atoms with Crippen molar-refractivity contribution in [1.29, 1.82) is 0 Å². The highest BCUT2D eigenvalue weighted by Crippen LogP contribution is 2.50. The lowest BCUT2D eigenvalue weighted by Gasteiger charge is -2.21. The van der Waals surface area contributed by atoms with Crippen LogP contribution in [-0.4, -0.2) is 37.4 Å². The maximum absolute atomic E-state index is 13.8. The molecule has 4 rings (SSSR count). The summed E-state index contributed by atoms with van der Waals surface area (Å²) in [5.74, 6) is -1.02. The number of anilines is 2. The van der Waals surface area contributed by atoms with Gasteiger partial charge in [0.05, 0.1) is 30.8 Å². The lowest BCUT2D eigenvalue weighted by atomic mass is 10.2. The fraction of sp³-hybridized carbons (Fsp3) is 0.200. The third-order valence-corrected chi connectivity index (χ3v) is 7.17. The van der Waals surface area contributed by atoms with Crippen molar-refractivity contribution in [2.45, 2.75) is 11.3 Å². The van der Waals surface area contributed by atoms with Crippen LogP contribution in [0.4, 0.5) is 25.0 Å². The van der Waals surface area contributed by atoms with E-state index in [1.54, 1.807) is 18.2 Å². The number of methoxy groups -OCH3 is 2. The van der Waals surface area contributed by atoms with E-state index in [0.29, 0.717) is 28.9 Å². The van der Waals surface area contributed by atoms with E-state index in [1.807, 2.05) is 5.41 Å². The molecular formula is C20H17F2N3O4S2. The Bertz CT molecular complexity index is 1080. The van der Waals surface area contributed by atoms with Gasteiger partial charge in [-0.25, -0.2) is 13.6 Å². The minimum atomic E-state index is -0.913. The molecule has 2 aliphatic rings. The van der Waals surface area contributed by atoms with Crippen LogP contribution >= 0.6 is 21.6 Å². The normalized spacial score (nSPS) is 19.7. The van der Waals surface area contributed by atoms with Gasteiger partial charge in [-0.05, 0) is 24.3 Å². The number of nitrogens with zero attached hydrogens (tertiary/aromatic N) is 1. The average molecular weight is 466 g/mol. The molecule has 2 aromatic rings. The minimum Gasteiger partial charge on any atom is -0.497 e. The Kier molecular flexibility index (Phi) is 5.96. The topological polar surface area (TPSA) is 79.9 Å². The van der Waals surface area contributed by atoms with Crippen molar-refractivity contribution in [2.75, 3.05) is 24.4 Å². The first-order valence-electron chi connectivity index (χ1n) is 9.03. The van der Waals surface area contributed by atoms with Crippen molar-refractivity contribution in [3.05, 3.63) is 59.1 Å². The number of hydrogen-bond donors (Lipinski definition) is 2. The molecule has 0 aliphatic carbocycles. The predicted octanol–water partition coefficient (Wildman–Crippen LogP) is 4.12. The second kappa shape index (κ2) is 8.67. The van der Waals surface area contributed by atoms with E-state index in [9.17, 15) is 18.4 Å². The van der Waals surface area contributed by atoms with E-state index >= 15 is 0 Å². The van der Waals surface area contributed by atoms with E-state index in [-0.39, 0.29) is 16.8 Å². The summed E-state index contributed by atoms with van der Waals surface area (Å²) in [7, 11) is 5.89. The van der Waals surface area contributed by atoms with Gasteiger partial charge in [-0.15, -0.1) is 0 Å². The number of fused-ring (bicyclic) bond motifs is 1. The summed E-state index contributed by atoms with van der Waals surface area (Å²) in [6.45, 7) is 0. The summed E-state index contributed by atoms with van der Waals surface area (Å²) in [4.78, 5) is 27.2. The van der Waals surface area contributed by atoms with Crippen molar-refractivity contribution in [3.63, 3.8) is 0 Å². The first-order chi connectivity index (χ1) is 14.9. The molecule has 0 spiro atoms. The van der Waals surface area contributed by atoms with Crippen molar-refractivity contribution in [1.82, 2.24) is 5.32 Å². The van der Waals surface area contributed by atoms with E-state index in [4.69, 9.17) is 9.47 Å². The summed E-state index contributed by atoms with van der Waals surface area (Å²) >= 11 is 0. The molecule has 2 unspecified atom stereocenters. The number of halogens is 2. The summed E-state index contributed by atoms with van der Waals surface area (Å²) in [6, 6.07) is 6.22. The van der Waals surface area contributed by atoms with Gasteiger partial charge in [0.2, 0.25) is 0 Å². The van der Waals surface area contributed by atoms with Crippen LogP contribution in [0.5, 0.6) is 11.5 Å². The molecule has 0 saturated carbocycles. The zero-order valence-electron chi connectivity index (χ0n) is 16.3. The Labute approximate surface area is 184 Å². The largest absolute Gasteiger partial charge is 0.497 e.